The van der Waals surface area contributed by atoms with Crippen LogP contribution in [0.5, 0.6) is 0 Å². The van der Waals surface area contributed by atoms with Crippen molar-refractivity contribution in [3.05, 3.63) is 69.1 Å². The van der Waals surface area contributed by atoms with E-state index in [4.69, 9.17) is 17.3 Å². The summed E-state index contributed by atoms with van der Waals surface area (Å²) in [7, 11) is 0. The van der Waals surface area contributed by atoms with Gasteiger partial charge in [0.25, 0.3) is 0 Å². The molecule has 1 heterocycles. The quantitative estimate of drug-likeness (QED) is 0.744. The molecule has 3 rings (SSSR count). The number of para-hydroxylation sites is 1. The van der Waals surface area contributed by atoms with E-state index >= 15 is 0 Å². The van der Waals surface area contributed by atoms with Crippen LogP contribution in [-0.2, 0) is 13.0 Å². The number of anilines is 1. The molecular formula is C16H16ClN5O. The molecule has 0 aliphatic heterocycles. The van der Waals surface area contributed by atoms with Gasteiger partial charge in [-0.2, -0.15) is 9.48 Å². The molecule has 0 saturated carbocycles. The van der Waals surface area contributed by atoms with Crippen molar-refractivity contribution in [3.8, 4) is 5.69 Å². The van der Waals surface area contributed by atoms with Gasteiger partial charge in [-0.1, -0.05) is 41.0 Å². The third-order valence-electron chi connectivity index (χ3n) is 3.66. The predicted octanol–water partition coefficient (Wildman–Crippen LogP) is 2.22. The second-order valence-electron chi connectivity index (χ2n) is 5.27. The maximum Gasteiger partial charge on any atom is 0.388 e. The van der Waals surface area contributed by atoms with Crippen LogP contribution in [-0.4, -0.2) is 19.8 Å². The fourth-order valence-electron chi connectivity index (χ4n) is 2.39. The Morgan fingerprint density at radius 2 is 2.00 bits per heavy atom. The van der Waals surface area contributed by atoms with Crippen molar-refractivity contribution in [1.82, 2.24) is 19.8 Å². The molecule has 0 radical (unpaired) electrons. The zero-order valence-electron chi connectivity index (χ0n) is 12.6. The number of rotatable bonds is 4. The fraction of sp³-hybridized carbons (Fsp3) is 0.188. The van der Waals surface area contributed by atoms with Gasteiger partial charge in [-0.15, -0.1) is 0 Å². The Balaban J connectivity index is 1.89. The molecule has 0 unspecified atom stereocenters. The minimum atomic E-state index is -0.452. The van der Waals surface area contributed by atoms with Gasteiger partial charge in [0.1, 0.15) is 0 Å². The number of hydrogen-bond donors (Lipinski definition) is 1. The molecule has 3 aromatic rings. The predicted molar refractivity (Wildman–Crippen MR) is 89.9 cm³/mol. The number of aryl methyl sites for hydroxylation is 3. The lowest BCUT2D eigenvalue weighted by Gasteiger charge is -2.10. The van der Waals surface area contributed by atoms with Gasteiger partial charge < -0.3 is 5.73 Å². The highest BCUT2D eigenvalue weighted by atomic mass is 35.5. The lowest BCUT2D eigenvalue weighted by Crippen LogP contribution is -2.23. The molecule has 0 bridgehead atoms. The first-order chi connectivity index (χ1) is 11.1. The molecule has 0 aliphatic rings. The van der Waals surface area contributed by atoms with E-state index in [1.165, 1.54) is 9.48 Å². The van der Waals surface area contributed by atoms with E-state index in [0.717, 1.165) is 16.8 Å². The van der Waals surface area contributed by atoms with Gasteiger partial charge in [-0.05, 0) is 47.9 Å². The molecule has 0 spiro atoms. The minimum absolute atomic E-state index is 0.452. The molecule has 2 N–H and O–H groups in total. The van der Waals surface area contributed by atoms with Crippen LogP contribution in [0.4, 0.5) is 5.69 Å². The van der Waals surface area contributed by atoms with Crippen molar-refractivity contribution in [1.29, 1.82) is 0 Å². The van der Waals surface area contributed by atoms with Crippen molar-refractivity contribution in [2.45, 2.75) is 19.9 Å². The summed E-state index contributed by atoms with van der Waals surface area (Å²) < 4.78 is 1.38. The van der Waals surface area contributed by atoms with Crippen LogP contribution in [0.1, 0.15) is 11.1 Å². The van der Waals surface area contributed by atoms with Crippen LogP contribution in [0.2, 0.25) is 5.02 Å². The second kappa shape index (κ2) is 6.26. The third kappa shape index (κ3) is 3.12. The maximum atomic E-state index is 12.0. The lowest BCUT2D eigenvalue weighted by atomic mass is 10.1. The van der Waals surface area contributed by atoms with Gasteiger partial charge in [0.2, 0.25) is 0 Å². The van der Waals surface area contributed by atoms with E-state index in [0.29, 0.717) is 23.7 Å². The highest BCUT2D eigenvalue weighted by molar-refractivity contribution is 6.32. The molecule has 6 nitrogen and oxygen atoms in total. The summed E-state index contributed by atoms with van der Waals surface area (Å²) in [5.74, 6) is 0. The van der Waals surface area contributed by atoms with E-state index in [9.17, 15) is 4.79 Å². The van der Waals surface area contributed by atoms with Crippen LogP contribution >= 0.6 is 11.6 Å². The van der Waals surface area contributed by atoms with Gasteiger partial charge in [-0.3, -0.25) is 0 Å². The Bertz CT molecular complexity index is 899. The summed E-state index contributed by atoms with van der Waals surface area (Å²) in [6, 6.07) is 13.0. The molecule has 0 fully saturated rings. The van der Waals surface area contributed by atoms with Gasteiger partial charge in [0.05, 0.1) is 17.3 Å². The zero-order chi connectivity index (χ0) is 16.4. The SMILES string of the molecule is Cc1cc(CCn2nnc(=O)n2-c2ccccc2Cl)ccc1N. The number of nitrogen functional groups attached to an aromatic ring is 1. The molecule has 0 atom stereocenters. The Labute approximate surface area is 138 Å². The Morgan fingerprint density at radius 3 is 2.74 bits per heavy atom. The van der Waals surface area contributed by atoms with Gasteiger partial charge in [-0.25, -0.2) is 4.79 Å². The van der Waals surface area contributed by atoms with E-state index in [1.807, 2.05) is 37.3 Å². The first-order valence-corrected chi connectivity index (χ1v) is 7.57. The van der Waals surface area contributed by atoms with Crippen LogP contribution in [0.15, 0.2) is 47.3 Å². The summed E-state index contributed by atoms with van der Waals surface area (Å²) in [6.07, 6.45) is 0.703. The number of tetrazole rings is 1. The van der Waals surface area contributed by atoms with Gasteiger partial charge >= 0.3 is 5.69 Å². The van der Waals surface area contributed by atoms with E-state index in [-0.39, 0.29) is 0 Å². The smallest absolute Gasteiger partial charge is 0.388 e. The van der Waals surface area contributed by atoms with Crippen molar-refractivity contribution in [3.63, 3.8) is 0 Å². The van der Waals surface area contributed by atoms with Gasteiger partial charge in [0.15, 0.2) is 0 Å². The molecule has 23 heavy (non-hydrogen) atoms. The van der Waals surface area contributed by atoms with E-state index in [2.05, 4.69) is 10.3 Å². The minimum Gasteiger partial charge on any atom is -0.399 e. The molecule has 7 heteroatoms. The summed E-state index contributed by atoms with van der Waals surface area (Å²) in [6.45, 7) is 2.47. The van der Waals surface area contributed by atoms with Crippen molar-refractivity contribution < 1.29 is 0 Å². The largest absolute Gasteiger partial charge is 0.399 e. The Morgan fingerprint density at radius 1 is 1.22 bits per heavy atom. The summed E-state index contributed by atoms with van der Waals surface area (Å²) in [5.41, 5.74) is 8.86. The monoisotopic (exact) mass is 329 g/mol. The average Bonchev–Trinajstić information content (AvgIpc) is 2.90. The van der Waals surface area contributed by atoms with Gasteiger partial charge in [0, 0.05) is 5.69 Å². The number of aromatic nitrogens is 4. The van der Waals surface area contributed by atoms with Crippen LogP contribution in [0.25, 0.3) is 5.69 Å². The summed E-state index contributed by atoms with van der Waals surface area (Å²) in [4.78, 5) is 13.5. The third-order valence-corrected chi connectivity index (χ3v) is 3.98. The average molecular weight is 330 g/mol. The topological polar surface area (TPSA) is 78.7 Å². The normalized spacial score (nSPS) is 10.9. The number of nitrogens with zero attached hydrogens (tertiary/aromatic N) is 4. The molecular weight excluding hydrogens is 314 g/mol. The first-order valence-electron chi connectivity index (χ1n) is 7.19. The standard InChI is InChI=1S/C16H16ClN5O/c1-11-10-12(6-7-14(11)18)8-9-21-20-19-16(23)22(21)15-5-3-2-4-13(15)17/h2-7,10H,8-9,18H2,1H3. The van der Waals surface area contributed by atoms with Crippen molar-refractivity contribution in [2.24, 2.45) is 0 Å². The highest BCUT2D eigenvalue weighted by Crippen LogP contribution is 2.18. The molecule has 1 aromatic heterocycles. The van der Waals surface area contributed by atoms with Crippen LogP contribution < -0.4 is 11.4 Å². The number of nitrogens with two attached hydrogens (primary N) is 1. The molecule has 118 valence electrons. The first kappa shape index (κ1) is 15.3. The van der Waals surface area contributed by atoms with E-state index in [1.54, 1.807) is 12.1 Å². The molecule has 0 amide bonds. The second-order valence-corrected chi connectivity index (χ2v) is 5.68. The molecule has 2 aromatic carbocycles. The Hall–Kier alpha value is -2.60. The zero-order valence-corrected chi connectivity index (χ0v) is 13.4. The highest BCUT2D eigenvalue weighted by Gasteiger charge is 2.12. The van der Waals surface area contributed by atoms with Crippen LogP contribution in [0, 0.1) is 6.92 Å². The fourth-order valence-corrected chi connectivity index (χ4v) is 2.60. The maximum absolute atomic E-state index is 12.0. The molecule has 0 aliphatic carbocycles. The lowest BCUT2D eigenvalue weighted by molar-refractivity contribution is 0.472. The number of halogens is 1. The molecule has 0 saturated heterocycles. The van der Waals surface area contributed by atoms with Crippen LogP contribution in [0.3, 0.4) is 0 Å². The van der Waals surface area contributed by atoms with E-state index < -0.39 is 5.69 Å². The summed E-state index contributed by atoms with van der Waals surface area (Å²) in [5, 5.41) is 8.02. The Kier molecular flexibility index (Phi) is 4.16. The number of benzene rings is 2. The number of hydrogen-bond acceptors (Lipinski definition) is 4. The van der Waals surface area contributed by atoms with Crippen molar-refractivity contribution >= 4 is 17.3 Å². The summed E-state index contributed by atoms with van der Waals surface area (Å²) >= 11 is 6.17. The van der Waals surface area contributed by atoms with Crippen molar-refractivity contribution in [2.75, 3.05) is 5.73 Å².